The summed E-state index contributed by atoms with van der Waals surface area (Å²) in [5, 5.41) is 12.5. The highest BCUT2D eigenvalue weighted by Gasteiger charge is 2.06. The predicted molar refractivity (Wildman–Crippen MR) is 51.8 cm³/mol. The maximum atomic E-state index is 9.38. The summed E-state index contributed by atoms with van der Waals surface area (Å²) in [4.78, 5) is 0. The molecule has 2 N–H and O–H groups in total. The lowest BCUT2D eigenvalue weighted by Crippen LogP contribution is -2.30. The molecular formula is C10H19NO. The summed E-state index contributed by atoms with van der Waals surface area (Å²) < 4.78 is 0. The Morgan fingerprint density at radius 3 is 2.58 bits per heavy atom. The molecule has 0 aliphatic rings. The Labute approximate surface area is 75.4 Å². The highest BCUT2D eigenvalue weighted by molar-refractivity contribution is 4.95. The van der Waals surface area contributed by atoms with Crippen LogP contribution in [0.4, 0.5) is 0 Å². The average Bonchev–Trinajstić information content (AvgIpc) is 2.03. The molecule has 2 nitrogen and oxygen atoms in total. The molecule has 0 fully saturated rings. The van der Waals surface area contributed by atoms with E-state index in [2.05, 4.69) is 17.2 Å². The van der Waals surface area contributed by atoms with E-state index < -0.39 is 0 Å². The highest BCUT2D eigenvalue weighted by atomic mass is 16.3. The van der Waals surface area contributed by atoms with Crippen molar-refractivity contribution < 1.29 is 5.11 Å². The van der Waals surface area contributed by atoms with E-state index in [4.69, 9.17) is 0 Å². The van der Waals surface area contributed by atoms with Crippen LogP contribution in [0.25, 0.3) is 0 Å². The number of hydrogen-bond donors (Lipinski definition) is 2. The van der Waals surface area contributed by atoms with Gasteiger partial charge in [-0.25, -0.2) is 0 Å². The van der Waals surface area contributed by atoms with Crippen molar-refractivity contribution in [1.82, 2.24) is 5.32 Å². The number of rotatable bonds is 5. The summed E-state index contributed by atoms with van der Waals surface area (Å²) in [7, 11) is 0. The van der Waals surface area contributed by atoms with Crippen LogP contribution in [-0.2, 0) is 0 Å². The van der Waals surface area contributed by atoms with E-state index >= 15 is 0 Å². The normalized spacial score (nSPS) is 12.4. The summed E-state index contributed by atoms with van der Waals surface area (Å²) >= 11 is 0. The quantitative estimate of drug-likeness (QED) is 0.475. The van der Waals surface area contributed by atoms with Gasteiger partial charge in [0, 0.05) is 19.5 Å². The number of hydrogen-bond acceptors (Lipinski definition) is 2. The van der Waals surface area contributed by atoms with Crippen molar-refractivity contribution in [2.75, 3.05) is 13.1 Å². The van der Waals surface area contributed by atoms with Crippen LogP contribution in [0.15, 0.2) is 0 Å². The summed E-state index contributed by atoms with van der Waals surface area (Å²) in [6.45, 7) is 7.40. The van der Waals surface area contributed by atoms with E-state index in [-0.39, 0.29) is 6.10 Å². The fourth-order valence-electron chi connectivity index (χ4n) is 0.762. The fraction of sp³-hybridized carbons (Fsp3) is 0.800. The maximum absolute atomic E-state index is 9.38. The topological polar surface area (TPSA) is 32.3 Å². The summed E-state index contributed by atoms with van der Waals surface area (Å²) in [6, 6.07) is 0. The Bertz CT molecular complexity index is 155. The Hall–Kier alpha value is -0.520. The van der Waals surface area contributed by atoms with Crippen molar-refractivity contribution in [2.24, 2.45) is 5.92 Å². The van der Waals surface area contributed by atoms with Crippen LogP contribution in [-0.4, -0.2) is 24.3 Å². The van der Waals surface area contributed by atoms with Crippen molar-refractivity contribution in [2.45, 2.75) is 33.3 Å². The minimum Gasteiger partial charge on any atom is -0.392 e. The molecule has 1 unspecified atom stereocenters. The van der Waals surface area contributed by atoms with Crippen molar-refractivity contribution in [3.63, 3.8) is 0 Å². The molecule has 0 radical (unpaired) electrons. The van der Waals surface area contributed by atoms with Crippen LogP contribution in [0.1, 0.15) is 27.2 Å². The third-order valence-corrected chi connectivity index (χ3v) is 1.73. The zero-order valence-electron chi connectivity index (χ0n) is 8.22. The zero-order valence-corrected chi connectivity index (χ0v) is 8.22. The first-order valence-corrected chi connectivity index (χ1v) is 4.47. The summed E-state index contributed by atoms with van der Waals surface area (Å²) in [5.74, 6) is 6.11. The Morgan fingerprint density at radius 2 is 2.08 bits per heavy atom. The van der Waals surface area contributed by atoms with Crippen LogP contribution >= 0.6 is 0 Å². The van der Waals surface area contributed by atoms with Gasteiger partial charge in [-0.05, 0) is 12.8 Å². The van der Waals surface area contributed by atoms with Crippen molar-refractivity contribution in [3.05, 3.63) is 0 Å². The molecule has 0 heterocycles. The van der Waals surface area contributed by atoms with E-state index in [1.54, 1.807) is 0 Å². The number of aliphatic hydroxyl groups excluding tert-OH is 1. The van der Waals surface area contributed by atoms with Gasteiger partial charge in [-0.1, -0.05) is 13.8 Å². The first kappa shape index (κ1) is 11.5. The second-order valence-corrected chi connectivity index (χ2v) is 3.19. The lowest BCUT2D eigenvalue weighted by molar-refractivity contribution is 0.124. The molecule has 0 saturated heterocycles. The average molecular weight is 169 g/mol. The van der Waals surface area contributed by atoms with Crippen molar-refractivity contribution in [1.29, 1.82) is 0 Å². The number of aliphatic hydroxyl groups is 1. The second kappa shape index (κ2) is 7.15. The molecule has 0 saturated carbocycles. The van der Waals surface area contributed by atoms with Gasteiger partial charge in [0.25, 0.3) is 0 Å². The van der Waals surface area contributed by atoms with E-state index in [1.165, 1.54) is 0 Å². The molecule has 0 bridgehead atoms. The minimum atomic E-state index is -0.236. The summed E-state index contributed by atoms with van der Waals surface area (Å²) in [5.41, 5.74) is 0. The lowest BCUT2D eigenvalue weighted by atomic mass is 10.1. The van der Waals surface area contributed by atoms with E-state index in [0.717, 1.165) is 13.0 Å². The molecule has 0 amide bonds. The van der Waals surface area contributed by atoms with Gasteiger partial charge in [0.15, 0.2) is 0 Å². The Balaban J connectivity index is 3.23. The Morgan fingerprint density at radius 1 is 1.42 bits per heavy atom. The first-order valence-electron chi connectivity index (χ1n) is 4.47. The van der Waals surface area contributed by atoms with Crippen LogP contribution < -0.4 is 5.32 Å². The highest BCUT2D eigenvalue weighted by Crippen LogP contribution is 1.98. The molecular weight excluding hydrogens is 150 g/mol. The molecule has 0 spiro atoms. The van der Waals surface area contributed by atoms with Gasteiger partial charge in [0.2, 0.25) is 0 Å². The van der Waals surface area contributed by atoms with E-state index in [1.807, 2.05) is 20.8 Å². The zero-order chi connectivity index (χ0) is 9.40. The molecule has 0 aromatic carbocycles. The van der Waals surface area contributed by atoms with Crippen LogP contribution in [0, 0.1) is 17.8 Å². The van der Waals surface area contributed by atoms with Crippen LogP contribution in [0.5, 0.6) is 0 Å². The molecule has 12 heavy (non-hydrogen) atoms. The smallest absolute Gasteiger partial charge is 0.0687 e. The van der Waals surface area contributed by atoms with Gasteiger partial charge in [0.1, 0.15) is 0 Å². The van der Waals surface area contributed by atoms with Gasteiger partial charge in [-0.2, -0.15) is 0 Å². The van der Waals surface area contributed by atoms with E-state index in [9.17, 15) is 5.11 Å². The molecule has 0 aromatic rings. The molecule has 70 valence electrons. The second-order valence-electron chi connectivity index (χ2n) is 3.19. The summed E-state index contributed by atoms with van der Waals surface area (Å²) in [6.07, 6.45) is 0.626. The van der Waals surface area contributed by atoms with Crippen LogP contribution in [0.2, 0.25) is 0 Å². The van der Waals surface area contributed by atoms with Gasteiger partial charge in [0.05, 0.1) is 6.10 Å². The molecule has 0 aliphatic heterocycles. The van der Waals surface area contributed by atoms with Gasteiger partial charge >= 0.3 is 0 Å². The molecule has 2 heteroatoms. The predicted octanol–water partition coefficient (Wildman–Crippen LogP) is 1.01. The monoisotopic (exact) mass is 169 g/mol. The minimum absolute atomic E-state index is 0.236. The van der Waals surface area contributed by atoms with Gasteiger partial charge in [-0.15, -0.1) is 11.8 Å². The third kappa shape index (κ3) is 6.21. The number of nitrogens with one attached hydrogen (secondary N) is 1. The van der Waals surface area contributed by atoms with Crippen LogP contribution in [0.3, 0.4) is 0 Å². The fourth-order valence-corrected chi connectivity index (χ4v) is 0.762. The molecule has 0 aromatic heterocycles. The molecule has 0 aliphatic carbocycles. The van der Waals surface area contributed by atoms with Crippen molar-refractivity contribution in [3.8, 4) is 11.8 Å². The largest absolute Gasteiger partial charge is 0.392 e. The maximum Gasteiger partial charge on any atom is 0.0687 e. The standard InChI is InChI=1S/C10H19NO/c1-4-5-6-7-11-8-10(12)9(2)3/h9-12H,6-8H2,1-3H3. The van der Waals surface area contributed by atoms with Gasteiger partial charge < -0.3 is 10.4 Å². The van der Waals surface area contributed by atoms with E-state index in [0.29, 0.717) is 12.5 Å². The molecule has 1 atom stereocenters. The van der Waals surface area contributed by atoms with Gasteiger partial charge in [-0.3, -0.25) is 0 Å². The SMILES string of the molecule is CC#CCCNCC(O)C(C)C. The third-order valence-electron chi connectivity index (χ3n) is 1.73. The van der Waals surface area contributed by atoms with Crippen molar-refractivity contribution >= 4 is 0 Å². The Kier molecular flexibility index (Phi) is 6.84. The molecule has 0 rings (SSSR count). The first-order chi connectivity index (χ1) is 5.68. The lowest BCUT2D eigenvalue weighted by Gasteiger charge is -2.14.